The van der Waals surface area contributed by atoms with Crippen LogP contribution in [0.5, 0.6) is 0 Å². The Morgan fingerprint density at radius 1 is 1.73 bits per heavy atom. The highest BCUT2D eigenvalue weighted by Gasteiger charge is 2.17. The van der Waals surface area contributed by atoms with Gasteiger partial charge in [0.05, 0.1) is 18.5 Å². The highest BCUT2D eigenvalue weighted by molar-refractivity contribution is 7.85. The highest BCUT2D eigenvalue weighted by Crippen LogP contribution is 2.04. The number of ether oxygens (including phenoxy) is 2. The van der Waals surface area contributed by atoms with E-state index in [0.29, 0.717) is 24.9 Å². The molecule has 2 unspecified atom stereocenters. The van der Waals surface area contributed by atoms with Crippen LogP contribution < -0.4 is 0 Å². The number of rotatable bonds is 4. The lowest BCUT2D eigenvalue weighted by atomic mass is 10.4. The molecule has 1 rings (SSSR count). The van der Waals surface area contributed by atoms with Crippen molar-refractivity contribution in [2.75, 3.05) is 24.9 Å². The normalized spacial score (nSPS) is 26.7. The molecule has 0 amide bonds. The van der Waals surface area contributed by atoms with E-state index in [1.165, 1.54) is 0 Å². The molecule has 0 aromatic rings. The topological polar surface area (TPSA) is 35.5 Å². The molecule has 3 nitrogen and oxygen atoms in total. The lowest BCUT2D eigenvalue weighted by molar-refractivity contribution is 0.0523. The van der Waals surface area contributed by atoms with Gasteiger partial charge in [-0.2, -0.15) is 0 Å². The molecule has 0 saturated carbocycles. The highest BCUT2D eigenvalue weighted by atomic mass is 32.2. The van der Waals surface area contributed by atoms with Crippen LogP contribution in [-0.4, -0.2) is 35.2 Å². The molecule has 0 radical (unpaired) electrons. The summed E-state index contributed by atoms with van der Waals surface area (Å²) in [5.74, 6) is 1.10. The van der Waals surface area contributed by atoms with Gasteiger partial charge >= 0.3 is 0 Å². The standard InChI is InChI=1S/C7H12O3S/c1-2-3-11(8)5-7-4-9-6-10-7/h2,7H,1,3-6H2. The Morgan fingerprint density at radius 3 is 3.09 bits per heavy atom. The van der Waals surface area contributed by atoms with Crippen LogP contribution in [0.4, 0.5) is 0 Å². The summed E-state index contributed by atoms with van der Waals surface area (Å²) in [5, 5.41) is 0. The molecule has 0 aromatic carbocycles. The average Bonchev–Trinajstić information content (AvgIpc) is 2.40. The van der Waals surface area contributed by atoms with Crippen molar-refractivity contribution in [1.82, 2.24) is 0 Å². The van der Waals surface area contributed by atoms with Crippen molar-refractivity contribution in [2.24, 2.45) is 0 Å². The molecule has 1 aliphatic rings. The SMILES string of the molecule is C=CCS(=O)CC1COCO1. The maximum atomic E-state index is 11.1. The van der Waals surface area contributed by atoms with Gasteiger partial charge < -0.3 is 9.47 Å². The van der Waals surface area contributed by atoms with E-state index in [2.05, 4.69) is 6.58 Å². The Morgan fingerprint density at radius 2 is 2.55 bits per heavy atom. The van der Waals surface area contributed by atoms with E-state index in [1.807, 2.05) is 0 Å². The fourth-order valence-corrected chi connectivity index (χ4v) is 1.88. The Labute approximate surface area is 68.8 Å². The summed E-state index contributed by atoms with van der Waals surface area (Å²) in [6, 6.07) is 0. The van der Waals surface area contributed by atoms with E-state index in [4.69, 9.17) is 9.47 Å². The van der Waals surface area contributed by atoms with Gasteiger partial charge in [-0.1, -0.05) is 6.08 Å². The van der Waals surface area contributed by atoms with E-state index < -0.39 is 10.8 Å². The van der Waals surface area contributed by atoms with E-state index in [1.54, 1.807) is 6.08 Å². The zero-order chi connectivity index (χ0) is 8.10. The largest absolute Gasteiger partial charge is 0.353 e. The number of hydrogen-bond acceptors (Lipinski definition) is 3. The van der Waals surface area contributed by atoms with E-state index >= 15 is 0 Å². The van der Waals surface area contributed by atoms with Gasteiger partial charge in [0.2, 0.25) is 0 Å². The maximum Gasteiger partial charge on any atom is 0.147 e. The quantitative estimate of drug-likeness (QED) is 0.578. The third-order valence-corrected chi connectivity index (χ3v) is 2.72. The van der Waals surface area contributed by atoms with Crippen LogP contribution in [-0.2, 0) is 20.3 Å². The molecule has 64 valence electrons. The summed E-state index contributed by atoms with van der Waals surface area (Å²) in [4.78, 5) is 0. The molecule has 0 bridgehead atoms. The first kappa shape index (κ1) is 8.90. The molecule has 1 heterocycles. The van der Waals surface area contributed by atoms with Crippen molar-refractivity contribution in [3.05, 3.63) is 12.7 Å². The molecule has 11 heavy (non-hydrogen) atoms. The summed E-state index contributed by atoms with van der Waals surface area (Å²) in [7, 11) is -0.833. The summed E-state index contributed by atoms with van der Waals surface area (Å²) in [5.41, 5.74) is 0. The molecule has 0 aliphatic carbocycles. The fraction of sp³-hybridized carbons (Fsp3) is 0.714. The van der Waals surface area contributed by atoms with Crippen molar-refractivity contribution in [3.8, 4) is 0 Å². The van der Waals surface area contributed by atoms with Crippen molar-refractivity contribution >= 4 is 10.8 Å². The lowest BCUT2D eigenvalue weighted by Gasteiger charge is -2.04. The molecule has 0 N–H and O–H groups in total. The minimum absolute atomic E-state index is 0.0239. The third kappa shape index (κ3) is 3.14. The van der Waals surface area contributed by atoms with E-state index in [-0.39, 0.29) is 6.10 Å². The van der Waals surface area contributed by atoms with Crippen LogP contribution in [0.3, 0.4) is 0 Å². The predicted octanol–water partition coefficient (Wildman–Crippen LogP) is 0.294. The van der Waals surface area contributed by atoms with Gasteiger partial charge in [-0.05, 0) is 0 Å². The Kier molecular flexibility index (Phi) is 3.76. The predicted molar refractivity (Wildman–Crippen MR) is 43.8 cm³/mol. The molecule has 4 heteroatoms. The van der Waals surface area contributed by atoms with Crippen LogP contribution in [0, 0.1) is 0 Å². The van der Waals surface area contributed by atoms with Gasteiger partial charge in [0.25, 0.3) is 0 Å². The zero-order valence-electron chi connectivity index (χ0n) is 6.32. The zero-order valence-corrected chi connectivity index (χ0v) is 7.14. The maximum absolute atomic E-state index is 11.1. The van der Waals surface area contributed by atoms with Crippen LogP contribution in [0.1, 0.15) is 0 Å². The van der Waals surface area contributed by atoms with Crippen molar-refractivity contribution in [1.29, 1.82) is 0 Å². The van der Waals surface area contributed by atoms with Crippen LogP contribution in [0.15, 0.2) is 12.7 Å². The minimum Gasteiger partial charge on any atom is -0.353 e. The summed E-state index contributed by atoms with van der Waals surface area (Å²) in [6.45, 7) is 4.43. The first-order valence-corrected chi connectivity index (χ1v) is 4.97. The van der Waals surface area contributed by atoms with Crippen LogP contribution in [0.25, 0.3) is 0 Å². The first-order chi connectivity index (χ1) is 5.33. The molecule has 2 atom stereocenters. The lowest BCUT2D eigenvalue weighted by Crippen LogP contribution is -2.19. The summed E-state index contributed by atoms with van der Waals surface area (Å²) in [6.07, 6.45) is 1.68. The molecule has 1 fully saturated rings. The summed E-state index contributed by atoms with van der Waals surface area (Å²) < 4.78 is 21.2. The Hall–Kier alpha value is -0.190. The average molecular weight is 176 g/mol. The fourth-order valence-electron chi connectivity index (χ4n) is 0.875. The second-order valence-corrected chi connectivity index (χ2v) is 3.89. The third-order valence-electron chi connectivity index (χ3n) is 1.37. The van der Waals surface area contributed by atoms with Gasteiger partial charge in [-0.25, -0.2) is 0 Å². The van der Waals surface area contributed by atoms with Crippen LogP contribution in [0.2, 0.25) is 0 Å². The van der Waals surface area contributed by atoms with Gasteiger partial charge in [0.1, 0.15) is 6.79 Å². The van der Waals surface area contributed by atoms with Gasteiger partial charge in [-0.3, -0.25) is 4.21 Å². The second-order valence-electron chi connectivity index (χ2n) is 2.34. The second kappa shape index (κ2) is 4.64. The molecule has 1 saturated heterocycles. The van der Waals surface area contributed by atoms with Gasteiger partial charge in [0.15, 0.2) is 0 Å². The molecule has 0 spiro atoms. The first-order valence-electron chi connectivity index (χ1n) is 3.48. The molecular weight excluding hydrogens is 164 g/mol. The molecular formula is C7H12O3S. The van der Waals surface area contributed by atoms with Gasteiger partial charge in [-0.15, -0.1) is 6.58 Å². The van der Waals surface area contributed by atoms with Crippen molar-refractivity contribution < 1.29 is 13.7 Å². The van der Waals surface area contributed by atoms with Crippen molar-refractivity contribution in [3.63, 3.8) is 0 Å². The van der Waals surface area contributed by atoms with E-state index in [0.717, 1.165) is 0 Å². The Balaban J connectivity index is 2.18. The summed E-state index contributed by atoms with van der Waals surface area (Å²) >= 11 is 0. The van der Waals surface area contributed by atoms with Crippen LogP contribution >= 0.6 is 0 Å². The Bertz CT molecular complexity index is 152. The molecule has 1 aliphatic heterocycles. The monoisotopic (exact) mass is 176 g/mol. The van der Waals surface area contributed by atoms with Gasteiger partial charge in [0, 0.05) is 16.6 Å². The number of hydrogen-bond donors (Lipinski definition) is 0. The van der Waals surface area contributed by atoms with E-state index in [9.17, 15) is 4.21 Å². The van der Waals surface area contributed by atoms with Crippen molar-refractivity contribution in [2.45, 2.75) is 6.10 Å². The smallest absolute Gasteiger partial charge is 0.147 e. The minimum atomic E-state index is -0.833. The molecule has 0 aromatic heterocycles.